The molecule has 3 N–H and O–H groups in total. The van der Waals surface area contributed by atoms with E-state index in [-0.39, 0.29) is 28.7 Å². The molecule has 0 aliphatic carbocycles. The van der Waals surface area contributed by atoms with Gasteiger partial charge in [-0.1, -0.05) is 142 Å². The van der Waals surface area contributed by atoms with Crippen LogP contribution in [-0.4, -0.2) is 80.5 Å². The molecular formula is C57H71N5O6Si. The van der Waals surface area contributed by atoms with E-state index in [1.807, 2.05) is 103 Å². The molecule has 0 spiro atoms. The molecular weight excluding hydrogens is 879 g/mol. The van der Waals surface area contributed by atoms with E-state index in [0.29, 0.717) is 43.9 Å². The fraction of sp³-hybridized carbons (Fsp3) is 0.386. The van der Waals surface area contributed by atoms with Crippen LogP contribution in [0.3, 0.4) is 0 Å². The molecule has 1 aliphatic heterocycles. The topological polar surface area (TPSA) is 125 Å². The van der Waals surface area contributed by atoms with Gasteiger partial charge in [0.25, 0.3) is 0 Å². The summed E-state index contributed by atoms with van der Waals surface area (Å²) in [6.45, 7) is 16.9. The van der Waals surface area contributed by atoms with E-state index < -0.39 is 14.4 Å². The average Bonchev–Trinajstić information content (AvgIpc) is 3.34. The number of rotatable bonds is 22. The fourth-order valence-electron chi connectivity index (χ4n) is 8.64. The zero-order valence-corrected chi connectivity index (χ0v) is 42.2. The summed E-state index contributed by atoms with van der Waals surface area (Å²) in [5, 5.41) is 7.00. The second-order valence-electron chi connectivity index (χ2n) is 19.8. The largest absolute Gasteiger partial charge is 0.487 e. The number of unbranched alkanes of at least 4 members (excludes halogenated alkanes) is 2. The number of aromatic amines is 1. The standard InChI is InChI=1S/C57H71N5O6Si/c1-57(2,3)69(4,5)68-52(48-28-30-51(55-49(48)29-31-54(64)60-55)66-42-44-22-12-7-13-23-44)41-62(40-43-20-10-6-11-21-43)36-19-9-18-35-58-53(63)34-39-61-37-32-46(33-38-61)67-56(65)59-50-27-17-16-26-47(50)45-24-14-8-15-25-45/h6-8,10-17,20-31,46,52H,9,18-19,32-42H2,1-5H3,(H,58,63)(H,59,65)(H,60,64)/t52-/m0/s1. The van der Waals surface area contributed by atoms with Gasteiger partial charge in [-0.05, 0) is 90.8 Å². The molecule has 7 rings (SSSR count). The summed E-state index contributed by atoms with van der Waals surface area (Å²) in [6.07, 6.45) is 3.84. The van der Waals surface area contributed by atoms with Crippen molar-refractivity contribution in [1.29, 1.82) is 0 Å². The Morgan fingerprint density at radius 2 is 1.46 bits per heavy atom. The number of hydrogen-bond acceptors (Lipinski definition) is 8. The minimum Gasteiger partial charge on any atom is -0.487 e. The molecule has 1 aromatic heterocycles. The van der Waals surface area contributed by atoms with Crippen LogP contribution in [0.2, 0.25) is 18.1 Å². The number of pyridine rings is 1. The Bertz CT molecular complexity index is 2610. The number of hydrogen-bond donors (Lipinski definition) is 3. The normalized spacial score (nSPS) is 14.1. The molecule has 1 aliphatic rings. The summed E-state index contributed by atoms with van der Waals surface area (Å²) in [7, 11) is -2.28. The summed E-state index contributed by atoms with van der Waals surface area (Å²) in [5.41, 5.74) is 6.50. The van der Waals surface area contributed by atoms with Gasteiger partial charge in [0.1, 0.15) is 18.5 Å². The number of piperidine rings is 1. The lowest BCUT2D eigenvalue weighted by molar-refractivity contribution is -0.121. The smallest absolute Gasteiger partial charge is 0.411 e. The summed E-state index contributed by atoms with van der Waals surface area (Å²) in [6, 6.07) is 45.9. The van der Waals surface area contributed by atoms with E-state index in [1.54, 1.807) is 6.07 Å². The van der Waals surface area contributed by atoms with Gasteiger partial charge in [0.05, 0.1) is 17.3 Å². The Hall–Kier alpha value is -6.05. The van der Waals surface area contributed by atoms with E-state index in [2.05, 4.69) is 89.6 Å². The van der Waals surface area contributed by atoms with Crippen LogP contribution in [0.5, 0.6) is 5.75 Å². The first-order valence-electron chi connectivity index (χ1n) is 24.7. The SMILES string of the molecule is CC(C)(C)[Si](C)(C)O[C@@H](CN(CCCCCNC(=O)CCN1CCC(OC(=O)Nc2ccccc2-c2ccccc2)CC1)Cc1ccccc1)c1ccc(OCc2ccccc2)c2[nH]c(=O)ccc12. The third kappa shape index (κ3) is 15.0. The number of aromatic nitrogens is 1. The third-order valence-corrected chi connectivity index (χ3v) is 18.1. The Balaban J connectivity index is 0.899. The lowest BCUT2D eigenvalue weighted by Gasteiger charge is -2.41. The van der Waals surface area contributed by atoms with Crippen LogP contribution in [0, 0.1) is 0 Å². The minimum absolute atomic E-state index is 0.0223. The van der Waals surface area contributed by atoms with E-state index in [4.69, 9.17) is 13.9 Å². The highest BCUT2D eigenvalue weighted by Gasteiger charge is 2.40. The number of likely N-dealkylation sites (tertiary alicyclic amines) is 1. The van der Waals surface area contributed by atoms with Crippen LogP contribution in [0.15, 0.2) is 144 Å². The highest BCUT2D eigenvalue weighted by Crippen LogP contribution is 2.42. The van der Waals surface area contributed by atoms with Crippen LogP contribution < -0.4 is 20.9 Å². The van der Waals surface area contributed by atoms with Crippen molar-refractivity contribution in [2.75, 3.05) is 44.6 Å². The predicted octanol–water partition coefficient (Wildman–Crippen LogP) is 11.7. The number of H-pyrrole nitrogens is 1. The number of anilines is 1. The molecule has 2 heterocycles. The number of amides is 2. The average molecular weight is 950 g/mol. The molecule has 0 bridgehead atoms. The van der Waals surface area contributed by atoms with Crippen LogP contribution in [0.1, 0.15) is 82.1 Å². The van der Waals surface area contributed by atoms with E-state index in [0.717, 1.165) is 91.6 Å². The number of fused-ring (bicyclic) bond motifs is 1. The van der Waals surface area contributed by atoms with Gasteiger partial charge in [-0.25, -0.2) is 4.79 Å². The first-order valence-corrected chi connectivity index (χ1v) is 27.6. The first-order chi connectivity index (χ1) is 33.3. The number of para-hydroxylation sites is 1. The van der Waals surface area contributed by atoms with Crippen molar-refractivity contribution in [3.8, 4) is 16.9 Å². The Labute approximate surface area is 409 Å². The number of nitrogens with zero attached hydrogens (tertiary/aromatic N) is 2. The van der Waals surface area contributed by atoms with Crippen molar-refractivity contribution in [3.05, 3.63) is 167 Å². The van der Waals surface area contributed by atoms with E-state index in [1.165, 1.54) is 5.56 Å². The van der Waals surface area contributed by atoms with Gasteiger partial charge in [0, 0.05) is 62.7 Å². The Kier molecular flexibility index (Phi) is 18.0. The zero-order valence-electron chi connectivity index (χ0n) is 41.2. The number of ether oxygens (including phenoxy) is 2. The lowest BCUT2D eigenvalue weighted by Crippen LogP contribution is -2.44. The molecule has 0 unspecified atom stereocenters. The highest BCUT2D eigenvalue weighted by atomic mass is 28.4. The minimum atomic E-state index is -2.28. The second kappa shape index (κ2) is 24.5. The van der Waals surface area contributed by atoms with Crippen LogP contribution in [-0.2, 0) is 27.1 Å². The monoisotopic (exact) mass is 950 g/mol. The summed E-state index contributed by atoms with van der Waals surface area (Å²) in [4.78, 5) is 46.5. The van der Waals surface area contributed by atoms with Gasteiger partial charge in [0.15, 0.2) is 8.32 Å². The lowest BCUT2D eigenvalue weighted by atomic mass is 10.0. The van der Waals surface area contributed by atoms with Crippen LogP contribution >= 0.6 is 0 Å². The molecule has 0 saturated carbocycles. The third-order valence-electron chi connectivity index (χ3n) is 13.6. The van der Waals surface area contributed by atoms with Crippen molar-refractivity contribution in [3.63, 3.8) is 0 Å². The van der Waals surface area contributed by atoms with Crippen molar-refractivity contribution < 1.29 is 23.5 Å². The van der Waals surface area contributed by atoms with E-state index >= 15 is 0 Å². The quantitative estimate of drug-likeness (QED) is 0.0454. The summed E-state index contributed by atoms with van der Waals surface area (Å²) >= 11 is 0. The van der Waals surface area contributed by atoms with Gasteiger partial charge in [-0.3, -0.25) is 19.8 Å². The maximum absolute atomic E-state index is 13.0. The molecule has 1 atom stereocenters. The molecule has 1 fully saturated rings. The number of nitrogens with one attached hydrogen (secondary N) is 3. The molecule has 6 aromatic rings. The first kappa shape index (κ1) is 50.8. The predicted molar refractivity (Wildman–Crippen MR) is 281 cm³/mol. The molecule has 364 valence electrons. The van der Waals surface area contributed by atoms with Gasteiger partial charge in [0.2, 0.25) is 11.5 Å². The molecule has 12 heteroatoms. The molecule has 0 radical (unpaired) electrons. The van der Waals surface area contributed by atoms with Gasteiger partial charge < -0.3 is 29.1 Å². The maximum atomic E-state index is 13.0. The fourth-order valence-corrected chi connectivity index (χ4v) is 9.91. The van der Waals surface area contributed by atoms with Crippen molar-refractivity contribution in [2.24, 2.45) is 0 Å². The maximum Gasteiger partial charge on any atom is 0.411 e. The van der Waals surface area contributed by atoms with Crippen molar-refractivity contribution in [2.45, 2.75) is 103 Å². The van der Waals surface area contributed by atoms with E-state index in [9.17, 15) is 14.4 Å². The number of benzene rings is 5. The molecule has 1 saturated heterocycles. The Morgan fingerprint density at radius 1 is 0.797 bits per heavy atom. The number of carbonyl (C=O) groups excluding carboxylic acids is 2. The Morgan fingerprint density at radius 3 is 2.17 bits per heavy atom. The zero-order chi connectivity index (χ0) is 48.6. The number of carbonyl (C=O) groups is 2. The molecule has 69 heavy (non-hydrogen) atoms. The van der Waals surface area contributed by atoms with Crippen LogP contribution in [0.4, 0.5) is 10.5 Å². The second-order valence-corrected chi connectivity index (χ2v) is 24.5. The van der Waals surface area contributed by atoms with Gasteiger partial charge in [-0.2, -0.15) is 0 Å². The summed E-state index contributed by atoms with van der Waals surface area (Å²) in [5.74, 6) is 0.691. The van der Waals surface area contributed by atoms with Crippen molar-refractivity contribution in [1.82, 2.24) is 20.1 Å². The molecule has 5 aromatic carbocycles. The van der Waals surface area contributed by atoms with Gasteiger partial charge in [-0.15, -0.1) is 0 Å². The summed E-state index contributed by atoms with van der Waals surface area (Å²) < 4.78 is 19.5. The van der Waals surface area contributed by atoms with Crippen molar-refractivity contribution >= 4 is 36.9 Å². The van der Waals surface area contributed by atoms with Gasteiger partial charge >= 0.3 is 6.09 Å². The highest BCUT2D eigenvalue weighted by molar-refractivity contribution is 6.74. The van der Waals surface area contributed by atoms with Crippen LogP contribution in [0.25, 0.3) is 22.0 Å². The molecule has 2 amide bonds. The molecule has 11 nitrogen and oxygen atoms in total.